The van der Waals surface area contributed by atoms with Gasteiger partial charge in [0.05, 0.1) is 6.61 Å². The van der Waals surface area contributed by atoms with Crippen LogP contribution in [0.3, 0.4) is 0 Å². The smallest absolute Gasteiger partial charge is 0.163 e. The molecule has 110 valence electrons. The van der Waals surface area contributed by atoms with Crippen LogP contribution in [0.1, 0.15) is 35.2 Å². The largest absolute Gasteiger partial charge is 0.491 e. The summed E-state index contributed by atoms with van der Waals surface area (Å²) in [5.74, 6) is 0.979. The molecule has 0 aromatic heterocycles. The molecule has 0 radical (unpaired) electrons. The number of benzene rings is 1. The van der Waals surface area contributed by atoms with E-state index in [0.717, 1.165) is 36.1 Å². The van der Waals surface area contributed by atoms with Crippen LogP contribution in [0.15, 0.2) is 18.2 Å². The SMILES string of the molecule is COCCCOCCOc1ccc2c(c1)C(=O)CCC2. The molecule has 0 unspecified atom stereocenters. The van der Waals surface area contributed by atoms with Gasteiger partial charge in [-0.3, -0.25) is 4.79 Å². The van der Waals surface area contributed by atoms with Gasteiger partial charge in [-0.2, -0.15) is 0 Å². The maximum absolute atomic E-state index is 11.8. The Morgan fingerprint density at radius 1 is 1.10 bits per heavy atom. The van der Waals surface area contributed by atoms with Crippen molar-refractivity contribution in [1.82, 2.24) is 0 Å². The summed E-state index contributed by atoms with van der Waals surface area (Å²) in [4.78, 5) is 11.8. The highest BCUT2D eigenvalue weighted by Crippen LogP contribution is 2.25. The Morgan fingerprint density at radius 2 is 2.00 bits per heavy atom. The summed E-state index contributed by atoms with van der Waals surface area (Å²) in [6, 6.07) is 5.80. The summed E-state index contributed by atoms with van der Waals surface area (Å²) in [5, 5.41) is 0. The van der Waals surface area contributed by atoms with E-state index in [2.05, 4.69) is 0 Å². The number of rotatable bonds is 8. The fraction of sp³-hybridized carbons (Fsp3) is 0.562. The monoisotopic (exact) mass is 278 g/mol. The van der Waals surface area contributed by atoms with Gasteiger partial charge in [0, 0.05) is 32.3 Å². The molecule has 0 fully saturated rings. The summed E-state index contributed by atoms with van der Waals surface area (Å²) in [6.07, 6.45) is 3.49. The van der Waals surface area contributed by atoms with Crippen LogP contribution in [0.25, 0.3) is 0 Å². The van der Waals surface area contributed by atoms with Crippen molar-refractivity contribution >= 4 is 5.78 Å². The van der Waals surface area contributed by atoms with Crippen LogP contribution >= 0.6 is 0 Å². The van der Waals surface area contributed by atoms with Crippen molar-refractivity contribution < 1.29 is 19.0 Å². The first-order valence-corrected chi connectivity index (χ1v) is 7.17. The molecule has 0 saturated carbocycles. The molecule has 1 aromatic rings. The Kier molecular flexibility index (Phi) is 6.02. The number of ether oxygens (including phenoxy) is 3. The Morgan fingerprint density at radius 3 is 2.85 bits per heavy atom. The van der Waals surface area contributed by atoms with Crippen molar-refractivity contribution in [3.8, 4) is 5.75 Å². The van der Waals surface area contributed by atoms with Gasteiger partial charge in [-0.15, -0.1) is 0 Å². The number of hydrogen-bond acceptors (Lipinski definition) is 4. The van der Waals surface area contributed by atoms with Crippen LogP contribution in [0.4, 0.5) is 0 Å². The van der Waals surface area contributed by atoms with Gasteiger partial charge in [0.25, 0.3) is 0 Å². The lowest BCUT2D eigenvalue weighted by Crippen LogP contribution is -2.12. The highest BCUT2D eigenvalue weighted by Gasteiger charge is 2.17. The van der Waals surface area contributed by atoms with E-state index in [0.29, 0.717) is 32.8 Å². The van der Waals surface area contributed by atoms with E-state index in [4.69, 9.17) is 14.2 Å². The molecule has 4 heteroatoms. The lowest BCUT2D eigenvalue weighted by molar-refractivity contribution is 0.0806. The van der Waals surface area contributed by atoms with Gasteiger partial charge in [-0.05, 0) is 37.0 Å². The molecule has 1 aromatic carbocycles. The van der Waals surface area contributed by atoms with Gasteiger partial charge in [0.15, 0.2) is 5.78 Å². The average molecular weight is 278 g/mol. The van der Waals surface area contributed by atoms with E-state index in [1.165, 1.54) is 0 Å². The molecular weight excluding hydrogens is 256 g/mol. The summed E-state index contributed by atoms with van der Waals surface area (Å²) in [5.41, 5.74) is 1.97. The van der Waals surface area contributed by atoms with Gasteiger partial charge in [-0.25, -0.2) is 0 Å². The van der Waals surface area contributed by atoms with E-state index in [9.17, 15) is 4.79 Å². The molecule has 0 aliphatic heterocycles. The van der Waals surface area contributed by atoms with Crippen molar-refractivity contribution in [3.63, 3.8) is 0 Å². The van der Waals surface area contributed by atoms with Gasteiger partial charge >= 0.3 is 0 Å². The van der Waals surface area contributed by atoms with Gasteiger partial charge < -0.3 is 14.2 Å². The second-order valence-electron chi connectivity index (χ2n) is 4.90. The van der Waals surface area contributed by atoms with E-state index in [-0.39, 0.29) is 5.78 Å². The normalized spacial score (nSPS) is 14.2. The molecule has 0 atom stereocenters. The molecule has 2 rings (SSSR count). The molecule has 0 spiro atoms. The summed E-state index contributed by atoms with van der Waals surface area (Å²) in [6.45, 7) is 2.45. The minimum Gasteiger partial charge on any atom is -0.491 e. The molecule has 0 saturated heterocycles. The summed E-state index contributed by atoms with van der Waals surface area (Å²) in [7, 11) is 1.68. The van der Waals surface area contributed by atoms with E-state index >= 15 is 0 Å². The van der Waals surface area contributed by atoms with Crippen LogP contribution in [0, 0.1) is 0 Å². The third-order valence-corrected chi connectivity index (χ3v) is 3.37. The first-order valence-electron chi connectivity index (χ1n) is 7.17. The highest BCUT2D eigenvalue weighted by molar-refractivity contribution is 5.98. The highest BCUT2D eigenvalue weighted by atomic mass is 16.5. The van der Waals surface area contributed by atoms with Crippen LogP contribution in [0.2, 0.25) is 0 Å². The van der Waals surface area contributed by atoms with Crippen molar-refractivity contribution in [2.45, 2.75) is 25.7 Å². The predicted octanol–water partition coefficient (Wildman–Crippen LogP) is 2.64. The van der Waals surface area contributed by atoms with Crippen molar-refractivity contribution in [2.24, 2.45) is 0 Å². The van der Waals surface area contributed by atoms with Gasteiger partial charge in [0.1, 0.15) is 12.4 Å². The van der Waals surface area contributed by atoms with E-state index < -0.39 is 0 Å². The molecular formula is C16H22O4. The number of Topliss-reactive ketones (excluding diaryl/α,β-unsaturated/α-hetero) is 1. The first-order chi connectivity index (χ1) is 9.81. The van der Waals surface area contributed by atoms with E-state index in [1.54, 1.807) is 7.11 Å². The molecule has 20 heavy (non-hydrogen) atoms. The fourth-order valence-corrected chi connectivity index (χ4v) is 2.32. The Hall–Kier alpha value is -1.39. The minimum atomic E-state index is 0.229. The summed E-state index contributed by atoms with van der Waals surface area (Å²) >= 11 is 0. The number of methoxy groups -OCH3 is 1. The fourth-order valence-electron chi connectivity index (χ4n) is 2.32. The molecule has 0 amide bonds. The molecule has 1 aliphatic carbocycles. The maximum Gasteiger partial charge on any atom is 0.163 e. The standard InChI is InChI=1S/C16H22O4/c1-18-8-3-9-19-10-11-20-14-7-6-13-4-2-5-16(17)15(13)12-14/h6-7,12H,2-5,8-11H2,1H3. The third kappa shape index (κ3) is 4.32. The van der Waals surface area contributed by atoms with Crippen molar-refractivity contribution in [3.05, 3.63) is 29.3 Å². The Balaban J connectivity index is 1.74. The molecule has 0 bridgehead atoms. The average Bonchev–Trinajstić information content (AvgIpc) is 2.47. The predicted molar refractivity (Wildman–Crippen MR) is 76.5 cm³/mol. The van der Waals surface area contributed by atoms with Gasteiger partial charge in [0.2, 0.25) is 0 Å². The lowest BCUT2D eigenvalue weighted by Gasteiger charge is -2.16. The Bertz CT molecular complexity index is 442. The van der Waals surface area contributed by atoms with Crippen molar-refractivity contribution in [2.75, 3.05) is 33.5 Å². The number of hydrogen-bond donors (Lipinski definition) is 0. The molecule has 1 aliphatic rings. The number of carbonyl (C=O) groups excluding carboxylic acids is 1. The summed E-state index contributed by atoms with van der Waals surface area (Å²) < 4.78 is 16.0. The van der Waals surface area contributed by atoms with E-state index in [1.807, 2.05) is 18.2 Å². The second kappa shape index (κ2) is 8.02. The lowest BCUT2D eigenvalue weighted by atomic mass is 9.90. The topological polar surface area (TPSA) is 44.8 Å². The molecule has 4 nitrogen and oxygen atoms in total. The zero-order valence-electron chi connectivity index (χ0n) is 12.0. The second-order valence-corrected chi connectivity index (χ2v) is 4.90. The van der Waals surface area contributed by atoms with Gasteiger partial charge in [-0.1, -0.05) is 6.07 Å². The quantitative estimate of drug-likeness (QED) is 0.686. The number of aryl methyl sites for hydroxylation is 1. The maximum atomic E-state index is 11.8. The molecule has 0 heterocycles. The minimum absolute atomic E-state index is 0.229. The molecule has 0 N–H and O–H groups in total. The zero-order valence-corrected chi connectivity index (χ0v) is 12.0. The Labute approximate surface area is 120 Å². The van der Waals surface area contributed by atoms with Crippen LogP contribution in [-0.2, 0) is 15.9 Å². The van der Waals surface area contributed by atoms with Crippen LogP contribution < -0.4 is 4.74 Å². The number of ketones is 1. The van der Waals surface area contributed by atoms with Crippen molar-refractivity contribution in [1.29, 1.82) is 0 Å². The first kappa shape index (κ1) is 15.0. The third-order valence-electron chi connectivity index (χ3n) is 3.37. The van der Waals surface area contributed by atoms with Crippen LogP contribution in [-0.4, -0.2) is 39.3 Å². The zero-order chi connectivity index (χ0) is 14.2. The number of carbonyl (C=O) groups is 1. The number of fused-ring (bicyclic) bond motifs is 1. The van der Waals surface area contributed by atoms with Crippen LogP contribution in [0.5, 0.6) is 5.75 Å².